The molecule has 0 heterocycles. The van der Waals surface area contributed by atoms with E-state index in [1.54, 1.807) is 21.3 Å². The van der Waals surface area contributed by atoms with Crippen molar-refractivity contribution in [2.45, 2.75) is 38.9 Å². The topological polar surface area (TPSA) is 53.2 Å². The molecule has 0 saturated heterocycles. The second kappa shape index (κ2) is 7.19. The van der Waals surface area contributed by atoms with Crippen molar-refractivity contribution in [2.24, 2.45) is 0 Å². The van der Waals surface area contributed by atoms with Crippen LogP contribution in [0.1, 0.15) is 33.3 Å². The van der Waals surface area contributed by atoms with Crippen LogP contribution in [0.15, 0.2) is 60.7 Å². The van der Waals surface area contributed by atoms with Crippen LogP contribution in [0.25, 0.3) is 21.9 Å². The molecule has 0 bridgehead atoms. The first kappa shape index (κ1) is 19.2. The van der Waals surface area contributed by atoms with Gasteiger partial charge in [-0.15, -0.1) is 0 Å². The molecule has 0 saturated carbocycles. The summed E-state index contributed by atoms with van der Waals surface area (Å²) in [5.74, 6) is 0. The van der Waals surface area contributed by atoms with Crippen molar-refractivity contribution < 1.29 is 9.76 Å². The number of nitriles is 1. The third-order valence-electron chi connectivity index (χ3n) is 5.17. The van der Waals surface area contributed by atoms with Gasteiger partial charge in [-0.1, -0.05) is 47.9 Å². The molecule has 0 fully saturated rings. The molecule has 0 spiro atoms. The molecule has 3 aromatic rings. The van der Waals surface area contributed by atoms with Gasteiger partial charge >= 0.3 is 7.48 Å². The van der Waals surface area contributed by atoms with E-state index >= 15 is 0 Å². The van der Waals surface area contributed by atoms with Crippen molar-refractivity contribution in [3.8, 4) is 17.2 Å². The molecule has 0 aromatic heterocycles. The van der Waals surface area contributed by atoms with Crippen molar-refractivity contribution in [3.63, 3.8) is 0 Å². The number of benzene rings is 3. The van der Waals surface area contributed by atoms with Crippen molar-refractivity contribution >= 4 is 23.7 Å². The first-order valence-electron chi connectivity index (χ1n) is 8.97. The highest BCUT2D eigenvalue weighted by Gasteiger charge is 2.35. The monoisotopic (exact) mass is 356 g/mol. The molecule has 1 N–H and O–H groups in total. The molecule has 0 aliphatic rings. The lowest BCUT2D eigenvalue weighted by atomic mass is 9.82. The van der Waals surface area contributed by atoms with Crippen molar-refractivity contribution in [2.75, 3.05) is 0 Å². The maximum atomic E-state index is 10.2. The van der Waals surface area contributed by atoms with Gasteiger partial charge in [0.1, 0.15) is 0 Å². The third kappa shape index (κ3) is 4.22. The zero-order chi connectivity index (χ0) is 19.7. The maximum Gasteiger partial charge on any atom is 0.330 e. The van der Waals surface area contributed by atoms with Crippen LogP contribution >= 0.6 is 0 Å². The fourth-order valence-corrected chi connectivity index (χ4v) is 2.61. The molecule has 4 heteroatoms. The summed E-state index contributed by atoms with van der Waals surface area (Å²) in [6.07, 6.45) is 0. The molecule has 0 amide bonds. The lowest BCUT2D eigenvalue weighted by Gasteiger charge is -2.37. The van der Waals surface area contributed by atoms with Crippen LogP contribution in [-0.2, 0) is 4.65 Å². The van der Waals surface area contributed by atoms with Crippen molar-refractivity contribution in [3.05, 3.63) is 66.2 Å². The van der Waals surface area contributed by atoms with Crippen LogP contribution in [-0.4, -0.2) is 23.8 Å². The summed E-state index contributed by atoms with van der Waals surface area (Å²) < 4.78 is 5.84. The van der Waals surface area contributed by atoms with Gasteiger partial charge < -0.3 is 9.76 Å². The largest absolute Gasteiger partial charge is 0.427 e. The van der Waals surface area contributed by atoms with E-state index in [0.29, 0.717) is 5.56 Å². The predicted molar refractivity (Wildman–Crippen MR) is 111 cm³/mol. The van der Waals surface area contributed by atoms with Crippen LogP contribution < -0.4 is 5.46 Å². The summed E-state index contributed by atoms with van der Waals surface area (Å²) in [4.78, 5) is 0. The number of hydrogen-bond donors (Lipinski definition) is 1. The zero-order valence-electron chi connectivity index (χ0n) is 16.2. The molecule has 27 heavy (non-hydrogen) atoms. The Kier molecular flexibility index (Phi) is 5.10. The molecule has 3 nitrogen and oxygen atoms in total. The van der Waals surface area contributed by atoms with Gasteiger partial charge in [0.15, 0.2) is 0 Å². The highest BCUT2D eigenvalue weighted by atomic mass is 16.5. The summed E-state index contributed by atoms with van der Waals surface area (Å²) in [5.41, 5.74) is 2.17. The molecule has 135 valence electrons. The third-order valence-corrected chi connectivity index (χ3v) is 5.17. The van der Waals surface area contributed by atoms with Crippen molar-refractivity contribution in [1.82, 2.24) is 0 Å². The summed E-state index contributed by atoms with van der Waals surface area (Å²) in [6, 6.07) is 22.2. The fraction of sp³-hybridized carbons (Fsp3) is 0.261. The maximum absolute atomic E-state index is 10.2. The molecule has 0 unspecified atom stereocenters. The standard InChI is InChI=1S/C23H23BNO2/c1-22(2,26)23(3,4)27-24-21-12-11-19-13-18(9-10-20(19)14-21)17-7-5-16(15-25)6-8-17/h5-14,26H,1-4H3. The van der Waals surface area contributed by atoms with E-state index in [9.17, 15) is 5.11 Å². The Morgan fingerprint density at radius 2 is 1.44 bits per heavy atom. The molecular weight excluding hydrogens is 333 g/mol. The lowest BCUT2D eigenvalue weighted by molar-refractivity contribution is -0.0893. The first-order valence-corrected chi connectivity index (χ1v) is 8.97. The van der Waals surface area contributed by atoms with Crippen LogP contribution in [0.2, 0.25) is 0 Å². The van der Waals surface area contributed by atoms with Crippen LogP contribution in [0.4, 0.5) is 0 Å². The molecule has 0 atom stereocenters. The normalized spacial score (nSPS) is 12.0. The first-order chi connectivity index (χ1) is 12.7. The summed E-state index contributed by atoms with van der Waals surface area (Å²) in [7, 11) is 1.70. The Morgan fingerprint density at radius 3 is 2.07 bits per heavy atom. The minimum atomic E-state index is -0.948. The Labute approximate surface area is 161 Å². The Hall–Kier alpha value is -2.61. The zero-order valence-corrected chi connectivity index (χ0v) is 16.2. The van der Waals surface area contributed by atoms with Crippen LogP contribution in [0.5, 0.6) is 0 Å². The van der Waals surface area contributed by atoms with E-state index in [4.69, 9.17) is 9.92 Å². The highest BCUT2D eigenvalue weighted by Crippen LogP contribution is 2.26. The second-order valence-electron chi connectivity index (χ2n) is 7.82. The van der Waals surface area contributed by atoms with Gasteiger partial charge in [-0.2, -0.15) is 5.26 Å². The van der Waals surface area contributed by atoms with Gasteiger partial charge in [-0.3, -0.25) is 0 Å². The quantitative estimate of drug-likeness (QED) is 0.698. The van der Waals surface area contributed by atoms with Crippen LogP contribution in [0, 0.1) is 11.3 Å². The van der Waals surface area contributed by atoms with E-state index in [1.807, 2.05) is 44.2 Å². The van der Waals surface area contributed by atoms with E-state index < -0.39 is 11.2 Å². The van der Waals surface area contributed by atoms with Gasteiger partial charge in [0, 0.05) is 0 Å². The summed E-state index contributed by atoms with van der Waals surface area (Å²) in [6.45, 7) is 7.22. The number of aliphatic hydroxyl groups is 1. The van der Waals surface area contributed by atoms with E-state index in [2.05, 4.69) is 36.4 Å². The van der Waals surface area contributed by atoms with Gasteiger partial charge in [-0.25, -0.2) is 0 Å². The molecule has 0 aliphatic heterocycles. The second-order valence-corrected chi connectivity index (χ2v) is 7.82. The molecular formula is C23H23BNO2. The number of nitrogens with zero attached hydrogens (tertiary/aromatic N) is 1. The van der Waals surface area contributed by atoms with Gasteiger partial charge in [0.05, 0.1) is 22.8 Å². The van der Waals surface area contributed by atoms with Gasteiger partial charge in [0.25, 0.3) is 0 Å². The number of rotatable bonds is 5. The smallest absolute Gasteiger partial charge is 0.330 e. The summed E-state index contributed by atoms with van der Waals surface area (Å²) in [5, 5.41) is 21.4. The minimum Gasteiger partial charge on any atom is -0.427 e. The minimum absolute atomic E-state index is 0.661. The van der Waals surface area contributed by atoms with Crippen LogP contribution in [0.3, 0.4) is 0 Å². The summed E-state index contributed by atoms with van der Waals surface area (Å²) >= 11 is 0. The number of hydrogen-bond acceptors (Lipinski definition) is 3. The Bertz CT molecular complexity index is 996. The average Bonchev–Trinajstić information content (AvgIpc) is 2.65. The number of fused-ring (bicyclic) bond motifs is 1. The lowest BCUT2D eigenvalue weighted by Crippen LogP contribution is -2.49. The molecule has 0 aliphatic carbocycles. The average molecular weight is 356 g/mol. The van der Waals surface area contributed by atoms with E-state index in [-0.39, 0.29) is 0 Å². The Balaban J connectivity index is 1.82. The van der Waals surface area contributed by atoms with Gasteiger partial charge in [-0.05, 0) is 67.8 Å². The molecule has 3 rings (SSSR count). The molecule has 1 radical (unpaired) electrons. The predicted octanol–water partition coefficient (Wildman–Crippen LogP) is 4.19. The van der Waals surface area contributed by atoms with E-state index in [0.717, 1.165) is 27.4 Å². The highest BCUT2D eigenvalue weighted by molar-refractivity contribution is 6.47. The fourth-order valence-electron chi connectivity index (χ4n) is 2.61. The van der Waals surface area contributed by atoms with Gasteiger partial charge in [0.2, 0.25) is 0 Å². The SMILES string of the molecule is CC(C)(O)C(C)(C)O[B]c1ccc2cc(-c3ccc(C#N)cc3)ccc2c1. The molecule has 3 aromatic carbocycles. The van der Waals surface area contributed by atoms with Crippen molar-refractivity contribution in [1.29, 1.82) is 5.26 Å². The Morgan fingerprint density at radius 1 is 0.852 bits per heavy atom. The van der Waals surface area contributed by atoms with E-state index in [1.165, 1.54) is 0 Å².